The van der Waals surface area contributed by atoms with Gasteiger partial charge in [0.05, 0.1) is 20.9 Å². The van der Waals surface area contributed by atoms with Gasteiger partial charge in [-0.2, -0.15) is 0 Å². The van der Waals surface area contributed by atoms with Crippen LogP contribution in [-0.2, 0) is 4.79 Å². The van der Waals surface area contributed by atoms with Crippen molar-refractivity contribution < 1.29 is 4.79 Å². The summed E-state index contributed by atoms with van der Waals surface area (Å²) in [5.74, 6) is 0.379. The fourth-order valence-electron chi connectivity index (χ4n) is 1.55. The lowest BCUT2D eigenvalue weighted by molar-refractivity contribution is -0.116. The van der Waals surface area contributed by atoms with Gasteiger partial charge in [0.25, 0.3) is 0 Å². The first kappa shape index (κ1) is 10.8. The number of halogens is 1. The Morgan fingerprint density at radius 1 is 1.47 bits per heavy atom. The van der Waals surface area contributed by atoms with Crippen LogP contribution in [0.5, 0.6) is 0 Å². The maximum atomic E-state index is 11.7. The summed E-state index contributed by atoms with van der Waals surface area (Å²) < 4.78 is 0. The smallest absolute Gasteiger partial charge is 0.238 e. The van der Waals surface area contributed by atoms with E-state index in [1.165, 1.54) is 0 Å². The molecule has 1 atom stereocenters. The molecule has 4 heteroatoms. The second-order valence-electron chi connectivity index (χ2n) is 3.89. The summed E-state index contributed by atoms with van der Waals surface area (Å²) in [6, 6.07) is 5.57. The molecule has 0 radical (unpaired) electrons. The van der Waals surface area contributed by atoms with E-state index < -0.39 is 0 Å². The average Bonchev–Trinajstić information content (AvgIpc) is 2.16. The van der Waals surface area contributed by atoms with Gasteiger partial charge >= 0.3 is 0 Å². The number of hydrogen-bond donors (Lipinski definition) is 1. The summed E-state index contributed by atoms with van der Waals surface area (Å²) in [6.45, 7) is 4.08. The molecule has 0 fully saturated rings. The number of carbonyl (C=O) groups is 1. The third kappa shape index (κ3) is 1.99. The number of nitrogens with one attached hydrogen (secondary N) is 1. The molecule has 1 heterocycles. The second-order valence-corrected chi connectivity index (χ2v) is 5.45. The molecule has 1 N–H and O–H groups in total. The van der Waals surface area contributed by atoms with Gasteiger partial charge in [-0.1, -0.05) is 31.5 Å². The van der Waals surface area contributed by atoms with Crippen molar-refractivity contribution in [2.24, 2.45) is 5.92 Å². The molecule has 0 saturated carbocycles. The maximum Gasteiger partial charge on any atom is 0.238 e. The fraction of sp³-hybridized carbons (Fsp3) is 0.364. The number of anilines is 1. The van der Waals surface area contributed by atoms with Crippen LogP contribution in [0.1, 0.15) is 13.8 Å². The van der Waals surface area contributed by atoms with Crippen LogP contribution in [-0.4, -0.2) is 11.2 Å². The Balaban J connectivity index is 2.39. The van der Waals surface area contributed by atoms with Crippen molar-refractivity contribution in [1.82, 2.24) is 0 Å². The Morgan fingerprint density at radius 2 is 2.20 bits per heavy atom. The van der Waals surface area contributed by atoms with Gasteiger partial charge in [-0.05, 0) is 18.1 Å². The molecule has 1 aliphatic heterocycles. The van der Waals surface area contributed by atoms with Gasteiger partial charge in [-0.3, -0.25) is 4.79 Å². The van der Waals surface area contributed by atoms with Crippen molar-refractivity contribution in [3.8, 4) is 0 Å². The monoisotopic (exact) mass is 241 g/mol. The minimum atomic E-state index is -0.0441. The minimum absolute atomic E-state index is 0.0441. The third-order valence-electron chi connectivity index (χ3n) is 2.33. The molecule has 0 saturated heterocycles. The van der Waals surface area contributed by atoms with Gasteiger partial charge in [-0.15, -0.1) is 11.8 Å². The van der Waals surface area contributed by atoms with Crippen LogP contribution in [0, 0.1) is 5.92 Å². The third-order valence-corrected chi connectivity index (χ3v) is 4.45. The highest BCUT2D eigenvalue weighted by Gasteiger charge is 2.30. The number of hydrogen-bond acceptors (Lipinski definition) is 2. The average molecular weight is 242 g/mol. The molecule has 80 valence electrons. The normalized spacial score (nSPS) is 20.0. The molecule has 0 aliphatic carbocycles. The first-order chi connectivity index (χ1) is 7.09. The van der Waals surface area contributed by atoms with Crippen molar-refractivity contribution in [1.29, 1.82) is 0 Å². The quantitative estimate of drug-likeness (QED) is 0.817. The first-order valence-electron chi connectivity index (χ1n) is 4.85. The van der Waals surface area contributed by atoms with E-state index in [0.29, 0.717) is 10.9 Å². The van der Waals surface area contributed by atoms with Crippen LogP contribution < -0.4 is 5.32 Å². The van der Waals surface area contributed by atoms with Gasteiger partial charge in [0.15, 0.2) is 0 Å². The fourth-order valence-corrected chi connectivity index (χ4v) is 2.98. The van der Waals surface area contributed by atoms with E-state index in [4.69, 9.17) is 11.6 Å². The van der Waals surface area contributed by atoms with Crippen LogP contribution >= 0.6 is 23.4 Å². The van der Waals surface area contributed by atoms with Crippen molar-refractivity contribution >= 4 is 35.0 Å². The van der Waals surface area contributed by atoms with E-state index in [2.05, 4.69) is 5.32 Å². The standard InChI is InChI=1S/C11H12ClNOS/c1-6(2)9-11(14)13-8-5-3-4-7(12)10(8)15-9/h3-6,9H,1-2H3,(H,13,14). The molecular weight excluding hydrogens is 230 g/mol. The van der Waals surface area contributed by atoms with Gasteiger partial charge in [0, 0.05) is 0 Å². The molecule has 1 aliphatic rings. The molecule has 1 amide bonds. The lowest BCUT2D eigenvalue weighted by Crippen LogP contribution is -2.32. The number of thioether (sulfide) groups is 1. The predicted octanol–water partition coefficient (Wildman–Crippen LogP) is 3.41. The summed E-state index contributed by atoms with van der Waals surface area (Å²) in [6.07, 6.45) is 0. The van der Waals surface area contributed by atoms with Gasteiger partial charge < -0.3 is 5.32 Å². The van der Waals surface area contributed by atoms with Crippen LogP contribution in [0.2, 0.25) is 5.02 Å². The number of fused-ring (bicyclic) bond motifs is 1. The second kappa shape index (κ2) is 4.06. The Hall–Kier alpha value is -0.670. The summed E-state index contributed by atoms with van der Waals surface area (Å²) in [7, 11) is 0. The number of carbonyl (C=O) groups excluding carboxylic acids is 1. The van der Waals surface area contributed by atoms with Crippen molar-refractivity contribution in [2.45, 2.75) is 24.0 Å². The topological polar surface area (TPSA) is 29.1 Å². The highest BCUT2D eigenvalue weighted by molar-refractivity contribution is 8.01. The van der Waals surface area contributed by atoms with Crippen molar-refractivity contribution in [3.63, 3.8) is 0 Å². The van der Waals surface area contributed by atoms with Crippen molar-refractivity contribution in [3.05, 3.63) is 23.2 Å². The SMILES string of the molecule is CC(C)C1Sc2c(Cl)cccc2NC1=O. The number of benzene rings is 1. The molecular formula is C11H12ClNOS. The molecule has 2 nitrogen and oxygen atoms in total. The van der Waals surface area contributed by atoms with Crippen LogP contribution in [0.3, 0.4) is 0 Å². The van der Waals surface area contributed by atoms with Crippen LogP contribution in [0.4, 0.5) is 5.69 Å². The molecule has 0 bridgehead atoms. The Morgan fingerprint density at radius 3 is 2.87 bits per heavy atom. The molecule has 0 spiro atoms. The molecule has 2 rings (SSSR count). The molecule has 0 aromatic heterocycles. The minimum Gasteiger partial charge on any atom is -0.324 e. The van der Waals surface area contributed by atoms with E-state index >= 15 is 0 Å². The number of amides is 1. The molecule has 1 aromatic carbocycles. The maximum absolute atomic E-state index is 11.7. The van der Waals surface area contributed by atoms with E-state index in [0.717, 1.165) is 10.6 Å². The van der Waals surface area contributed by atoms with Crippen LogP contribution in [0.25, 0.3) is 0 Å². The lowest BCUT2D eigenvalue weighted by Gasteiger charge is -2.27. The first-order valence-corrected chi connectivity index (χ1v) is 6.11. The highest BCUT2D eigenvalue weighted by Crippen LogP contribution is 2.42. The summed E-state index contributed by atoms with van der Waals surface area (Å²) in [5, 5.41) is 3.56. The summed E-state index contributed by atoms with van der Waals surface area (Å²) in [5.41, 5.74) is 0.828. The molecule has 1 unspecified atom stereocenters. The zero-order valence-electron chi connectivity index (χ0n) is 8.58. The zero-order valence-corrected chi connectivity index (χ0v) is 10.2. The largest absolute Gasteiger partial charge is 0.324 e. The van der Waals surface area contributed by atoms with E-state index in [1.807, 2.05) is 32.0 Å². The highest BCUT2D eigenvalue weighted by atomic mass is 35.5. The summed E-state index contributed by atoms with van der Waals surface area (Å²) >= 11 is 7.64. The number of rotatable bonds is 1. The Labute approximate surface area is 98.4 Å². The predicted molar refractivity (Wildman–Crippen MR) is 64.6 cm³/mol. The van der Waals surface area contributed by atoms with Gasteiger partial charge in [0.2, 0.25) is 5.91 Å². The van der Waals surface area contributed by atoms with E-state index in [-0.39, 0.29) is 11.2 Å². The molecule has 15 heavy (non-hydrogen) atoms. The van der Waals surface area contributed by atoms with Crippen LogP contribution in [0.15, 0.2) is 23.1 Å². The van der Waals surface area contributed by atoms with Gasteiger partial charge in [-0.25, -0.2) is 0 Å². The molecule has 1 aromatic rings. The summed E-state index contributed by atoms with van der Waals surface area (Å²) in [4.78, 5) is 12.7. The Bertz CT molecular complexity index is 406. The lowest BCUT2D eigenvalue weighted by atomic mass is 10.1. The van der Waals surface area contributed by atoms with Gasteiger partial charge in [0.1, 0.15) is 0 Å². The zero-order chi connectivity index (χ0) is 11.0. The van der Waals surface area contributed by atoms with E-state index in [9.17, 15) is 4.79 Å². The van der Waals surface area contributed by atoms with Crippen molar-refractivity contribution in [2.75, 3.05) is 5.32 Å². The Kier molecular flexibility index (Phi) is 2.94. The van der Waals surface area contributed by atoms with E-state index in [1.54, 1.807) is 11.8 Å².